The van der Waals surface area contributed by atoms with Gasteiger partial charge in [-0.15, -0.1) is 5.10 Å². The number of amides is 2. The van der Waals surface area contributed by atoms with Crippen molar-refractivity contribution in [1.82, 2.24) is 30.2 Å². The Morgan fingerprint density at radius 1 is 1.17 bits per heavy atom. The highest BCUT2D eigenvalue weighted by atomic mass is 19.1. The molecular weight excluding hydrogens is 537 g/mol. The summed E-state index contributed by atoms with van der Waals surface area (Å²) in [6, 6.07) is 5.60. The van der Waals surface area contributed by atoms with Gasteiger partial charge in [0.1, 0.15) is 5.60 Å². The van der Waals surface area contributed by atoms with Crippen LogP contribution in [0.15, 0.2) is 36.8 Å². The molecule has 4 rings (SSSR count). The van der Waals surface area contributed by atoms with Crippen molar-refractivity contribution < 1.29 is 18.7 Å². The summed E-state index contributed by atoms with van der Waals surface area (Å²) in [4.78, 5) is 33.3. The summed E-state index contributed by atoms with van der Waals surface area (Å²) in [5.74, 6) is -0.732. The SMILES string of the molecule is Cc1cc(-c2c(F)cncc2N2CCC[C@@H](N(C)C(=O)OC(C)(C)C)C2)ccc1CNC(=O)c1cn(C(C)(C)C)nn1. The van der Waals surface area contributed by atoms with Crippen LogP contribution in [-0.4, -0.2) is 68.7 Å². The summed E-state index contributed by atoms with van der Waals surface area (Å²) in [6.45, 7) is 15.0. The zero-order valence-electron chi connectivity index (χ0n) is 25.9. The molecule has 1 fully saturated rings. The second kappa shape index (κ2) is 12.1. The molecule has 1 N–H and O–H groups in total. The number of carbonyl (C=O) groups excluding carboxylic acids is 2. The van der Waals surface area contributed by atoms with Crippen LogP contribution in [0.2, 0.25) is 0 Å². The van der Waals surface area contributed by atoms with Gasteiger partial charge in [0, 0.05) is 32.2 Å². The molecule has 1 aromatic carbocycles. The van der Waals surface area contributed by atoms with Gasteiger partial charge in [-0.2, -0.15) is 0 Å². The zero-order chi connectivity index (χ0) is 30.8. The quantitative estimate of drug-likeness (QED) is 0.422. The molecule has 1 aliphatic heterocycles. The van der Waals surface area contributed by atoms with Crippen molar-refractivity contribution in [3.05, 3.63) is 59.4 Å². The van der Waals surface area contributed by atoms with Crippen molar-refractivity contribution in [2.45, 2.75) is 85.0 Å². The number of aryl methyl sites for hydroxylation is 1. The zero-order valence-corrected chi connectivity index (χ0v) is 25.9. The minimum atomic E-state index is -0.585. The van der Waals surface area contributed by atoms with Gasteiger partial charge in [-0.1, -0.05) is 23.4 Å². The third-order valence-electron chi connectivity index (χ3n) is 7.33. The predicted octanol–water partition coefficient (Wildman–Crippen LogP) is 5.31. The lowest BCUT2D eigenvalue weighted by molar-refractivity contribution is 0.0209. The van der Waals surface area contributed by atoms with E-state index >= 15 is 4.39 Å². The van der Waals surface area contributed by atoms with Crippen molar-refractivity contribution in [3.8, 4) is 11.1 Å². The number of carbonyl (C=O) groups is 2. The van der Waals surface area contributed by atoms with Gasteiger partial charge in [0.15, 0.2) is 11.5 Å². The van der Waals surface area contributed by atoms with Crippen molar-refractivity contribution in [3.63, 3.8) is 0 Å². The third kappa shape index (κ3) is 7.24. The van der Waals surface area contributed by atoms with Crippen LogP contribution in [0, 0.1) is 12.7 Å². The number of ether oxygens (including phenoxy) is 1. The highest BCUT2D eigenvalue weighted by Crippen LogP contribution is 2.35. The van der Waals surface area contributed by atoms with Gasteiger partial charge in [0.2, 0.25) is 0 Å². The van der Waals surface area contributed by atoms with E-state index in [4.69, 9.17) is 4.74 Å². The van der Waals surface area contributed by atoms with E-state index in [0.29, 0.717) is 29.9 Å². The number of hydrogen-bond donors (Lipinski definition) is 1. The Morgan fingerprint density at radius 3 is 2.55 bits per heavy atom. The largest absolute Gasteiger partial charge is 0.444 e. The molecule has 2 aromatic heterocycles. The van der Waals surface area contributed by atoms with E-state index < -0.39 is 11.4 Å². The first kappa shape index (κ1) is 30.9. The van der Waals surface area contributed by atoms with Crippen molar-refractivity contribution in [2.75, 3.05) is 25.0 Å². The molecule has 0 spiro atoms. The molecule has 3 aromatic rings. The Balaban J connectivity index is 1.50. The third-order valence-corrected chi connectivity index (χ3v) is 7.33. The molecular formula is C31H42FN7O3. The van der Waals surface area contributed by atoms with Gasteiger partial charge in [-0.05, 0) is 78.0 Å². The molecule has 3 heterocycles. The smallest absolute Gasteiger partial charge is 0.410 e. The van der Waals surface area contributed by atoms with Crippen LogP contribution < -0.4 is 10.2 Å². The van der Waals surface area contributed by atoms with Crippen LogP contribution in [0.5, 0.6) is 0 Å². The van der Waals surface area contributed by atoms with E-state index in [1.165, 1.54) is 6.20 Å². The fraction of sp³-hybridized carbons (Fsp3) is 0.516. The molecule has 0 bridgehead atoms. The number of hydrogen-bond acceptors (Lipinski definition) is 7. The van der Waals surface area contributed by atoms with Crippen molar-refractivity contribution in [1.29, 1.82) is 0 Å². The molecule has 1 aliphatic rings. The van der Waals surface area contributed by atoms with Crippen molar-refractivity contribution >= 4 is 17.7 Å². The number of aromatic nitrogens is 4. The first-order valence-corrected chi connectivity index (χ1v) is 14.3. The number of rotatable bonds is 6. The fourth-order valence-corrected chi connectivity index (χ4v) is 4.93. The minimum absolute atomic E-state index is 0.0811. The van der Waals surface area contributed by atoms with E-state index in [1.54, 1.807) is 29.0 Å². The van der Waals surface area contributed by atoms with Crippen LogP contribution in [-0.2, 0) is 16.8 Å². The summed E-state index contributed by atoms with van der Waals surface area (Å²) >= 11 is 0. The highest BCUT2D eigenvalue weighted by Gasteiger charge is 2.31. The van der Waals surface area contributed by atoms with Crippen LogP contribution >= 0.6 is 0 Å². The number of pyridine rings is 1. The highest BCUT2D eigenvalue weighted by molar-refractivity contribution is 5.91. The number of benzene rings is 1. The number of anilines is 1. The molecule has 226 valence electrons. The predicted molar refractivity (Wildman–Crippen MR) is 160 cm³/mol. The topological polar surface area (TPSA) is 105 Å². The second-order valence-electron chi connectivity index (χ2n) is 12.9. The van der Waals surface area contributed by atoms with Crippen LogP contribution in [0.3, 0.4) is 0 Å². The monoisotopic (exact) mass is 579 g/mol. The molecule has 0 radical (unpaired) electrons. The van der Waals surface area contributed by atoms with E-state index in [9.17, 15) is 9.59 Å². The summed E-state index contributed by atoms with van der Waals surface area (Å²) < 4.78 is 22.6. The van der Waals surface area contributed by atoms with E-state index in [-0.39, 0.29) is 29.3 Å². The number of piperidine rings is 1. The van der Waals surface area contributed by atoms with Gasteiger partial charge in [-0.3, -0.25) is 9.78 Å². The number of nitrogens with zero attached hydrogens (tertiary/aromatic N) is 6. The van der Waals surface area contributed by atoms with Crippen molar-refractivity contribution in [2.24, 2.45) is 0 Å². The van der Waals surface area contributed by atoms with Crippen LogP contribution in [0.4, 0.5) is 14.9 Å². The molecule has 11 heteroatoms. The number of nitrogens with one attached hydrogen (secondary N) is 1. The van der Waals surface area contributed by atoms with Gasteiger partial charge in [-0.25, -0.2) is 13.9 Å². The fourth-order valence-electron chi connectivity index (χ4n) is 4.93. The van der Waals surface area contributed by atoms with Crippen LogP contribution in [0.25, 0.3) is 11.1 Å². The Hall–Kier alpha value is -4.02. The maximum absolute atomic E-state index is 15.4. The minimum Gasteiger partial charge on any atom is -0.444 e. The molecule has 10 nitrogen and oxygen atoms in total. The van der Waals surface area contributed by atoms with Gasteiger partial charge in [0.25, 0.3) is 5.91 Å². The summed E-state index contributed by atoms with van der Waals surface area (Å²) in [5, 5.41) is 11.0. The summed E-state index contributed by atoms with van der Waals surface area (Å²) in [6.07, 6.45) is 5.84. The standard InChI is InChI=1S/C31H42FN7O3/c1-20-14-21(11-12-22(20)15-34-28(40)25-19-39(36-35-25)30(2,3)4)27-24(32)16-33-17-26(27)38-13-9-10-23(18-38)37(8)29(41)42-31(5,6)7/h11-12,14,16-17,19,23H,9-10,13,15,18H2,1-8H3,(H,34,40)/t23-/m1/s1. The van der Waals surface area contributed by atoms with E-state index in [1.807, 2.05) is 66.7 Å². The average molecular weight is 580 g/mol. The second-order valence-corrected chi connectivity index (χ2v) is 12.9. The number of halogens is 1. The first-order chi connectivity index (χ1) is 19.6. The van der Waals surface area contributed by atoms with E-state index in [0.717, 1.165) is 30.5 Å². The first-order valence-electron chi connectivity index (χ1n) is 14.3. The summed E-state index contributed by atoms with van der Waals surface area (Å²) in [5.41, 5.74) is 3.06. The lowest BCUT2D eigenvalue weighted by atomic mass is 9.97. The maximum atomic E-state index is 15.4. The number of likely N-dealkylation sites (N-methyl/N-ethyl adjacent to an activating group) is 1. The Labute approximate surface area is 247 Å². The normalized spacial score (nSPS) is 15.8. The molecule has 0 saturated carbocycles. The molecule has 1 atom stereocenters. The Kier molecular flexibility index (Phi) is 8.89. The lowest BCUT2D eigenvalue weighted by Crippen LogP contribution is -2.50. The Bertz CT molecular complexity index is 1440. The van der Waals surface area contributed by atoms with Gasteiger partial charge < -0.3 is 19.9 Å². The van der Waals surface area contributed by atoms with Gasteiger partial charge >= 0.3 is 6.09 Å². The lowest BCUT2D eigenvalue weighted by Gasteiger charge is -2.39. The average Bonchev–Trinajstić information content (AvgIpc) is 3.42. The van der Waals surface area contributed by atoms with E-state index in [2.05, 4.69) is 25.5 Å². The molecule has 1 saturated heterocycles. The molecule has 0 unspecified atom stereocenters. The molecule has 2 amide bonds. The van der Waals surface area contributed by atoms with Crippen LogP contribution in [0.1, 0.15) is 76.0 Å². The Morgan fingerprint density at radius 2 is 1.90 bits per heavy atom. The molecule has 42 heavy (non-hydrogen) atoms. The van der Waals surface area contributed by atoms with Gasteiger partial charge in [0.05, 0.1) is 35.9 Å². The maximum Gasteiger partial charge on any atom is 0.410 e. The summed E-state index contributed by atoms with van der Waals surface area (Å²) in [7, 11) is 1.75. The molecule has 0 aliphatic carbocycles.